The van der Waals surface area contributed by atoms with Gasteiger partial charge >= 0.3 is 6.18 Å². The highest BCUT2D eigenvalue weighted by molar-refractivity contribution is 5.51. The zero-order valence-electron chi connectivity index (χ0n) is 10.3. The van der Waals surface area contributed by atoms with Gasteiger partial charge < -0.3 is 10.2 Å². The van der Waals surface area contributed by atoms with Crippen molar-refractivity contribution in [1.29, 1.82) is 0 Å². The molecule has 1 atom stereocenters. The Kier molecular flexibility index (Phi) is 3.80. The van der Waals surface area contributed by atoms with Crippen LogP contribution in [-0.2, 0) is 6.18 Å². The van der Waals surface area contributed by atoms with E-state index in [0.29, 0.717) is 11.7 Å². The van der Waals surface area contributed by atoms with Crippen molar-refractivity contribution in [1.82, 2.24) is 5.32 Å². The smallest absolute Gasteiger partial charge is 0.367 e. The maximum Gasteiger partial charge on any atom is 0.416 e. The summed E-state index contributed by atoms with van der Waals surface area (Å²) in [6.45, 7) is 1.63. The van der Waals surface area contributed by atoms with E-state index < -0.39 is 11.7 Å². The van der Waals surface area contributed by atoms with Gasteiger partial charge in [-0.1, -0.05) is 6.07 Å². The normalized spacial score (nSPS) is 20.4. The van der Waals surface area contributed by atoms with Crippen molar-refractivity contribution in [3.8, 4) is 0 Å². The van der Waals surface area contributed by atoms with Crippen LogP contribution in [-0.4, -0.2) is 26.2 Å². The van der Waals surface area contributed by atoms with Crippen LogP contribution >= 0.6 is 0 Å². The van der Waals surface area contributed by atoms with Crippen LogP contribution in [0.15, 0.2) is 24.3 Å². The number of rotatable bonds is 3. The van der Waals surface area contributed by atoms with Gasteiger partial charge in [-0.3, -0.25) is 0 Å². The monoisotopic (exact) mass is 258 g/mol. The molecule has 1 aliphatic rings. The summed E-state index contributed by atoms with van der Waals surface area (Å²) in [5.41, 5.74) is 0.0951. The van der Waals surface area contributed by atoms with Gasteiger partial charge in [0.05, 0.1) is 5.56 Å². The Hall–Kier alpha value is -1.23. The van der Waals surface area contributed by atoms with Gasteiger partial charge in [0, 0.05) is 24.8 Å². The second-order valence-electron chi connectivity index (χ2n) is 4.60. The van der Waals surface area contributed by atoms with E-state index in [9.17, 15) is 13.2 Å². The number of hydrogen-bond acceptors (Lipinski definition) is 2. The minimum absolute atomic E-state index is 0.290. The Balaban J connectivity index is 2.22. The lowest BCUT2D eigenvalue weighted by atomic mass is 10.1. The Bertz CT molecular complexity index is 403. The third-order valence-corrected chi connectivity index (χ3v) is 3.32. The maximum atomic E-state index is 12.7. The van der Waals surface area contributed by atoms with Gasteiger partial charge in [0.25, 0.3) is 0 Å². The van der Waals surface area contributed by atoms with Crippen LogP contribution in [0.1, 0.15) is 18.4 Å². The first-order valence-electron chi connectivity index (χ1n) is 6.11. The molecule has 100 valence electrons. The number of halogens is 3. The predicted molar refractivity (Wildman–Crippen MR) is 65.7 cm³/mol. The van der Waals surface area contributed by atoms with Crippen LogP contribution < -0.4 is 10.2 Å². The average Bonchev–Trinajstić information content (AvgIpc) is 2.77. The molecule has 18 heavy (non-hydrogen) atoms. The van der Waals surface area contributed by atoms with Crippen molar-refractivity contribution in [2.75, 3.05) is 25.0 Å². The van der Waals surface area contributed by atoms with Gasteiger partial charge in [-0.15, -0.1) is 0 Å². The van der Waals surface area contributed by atoms with E-state index in [4.69, 9.17) is 0 Å². The van der Waals surface area contributed by atoms with Crippen molar-refractivity contribution in [3.05, 3.63) is 29.8 Å². The van der Waals surface area contributed by atoms with Gasteiger partial charge in [-0.25, -0.2) is 0 Å². The van der Waals surface area contributed by atoms with E-state index in [1.807, 2.05) is 7.05 Å². The topological polar surface area (TPSA) is 15.3 Å². The third kappa shape index (κ3) is 2.77. The summed E-state index contributed by atoms with van der Waals surface area (Å²) in [6, 6.07) is 5.88. The molecule has 1 aromatic rings. The Labute approximate surface area is 105 Å². The fraction of sp³-hybridized carbons (Fsp3) is 0.538. The largest absolute Gasteiger partial charge is 0.416 e. The second kappa shape index (κ2) is 5.18. The lowest BCUT2D eigenvalue weighted by Crippen LogP contribution is -2.36. The minimum atomic E-state index is -4.27. The summed E-state index contributed by atoms with van der Waals surface area (Å²) < 4.78 is 38.0. The fourth-order valence-electron chi connectivity index (χ4n) is 2.48. The molecular weight excluding hydrogens is 241 g/mol. The average molecular weight is 258 g/mol. The predicted octanol–water partition coefficient (Wildman–Crippen LogP) is 2.89. The van der Waals surface area contributed by atoms with Crippen LogP contribution in [0.5, 0.6) is 0 Å². The molecule has 0 amide bonds. The van der Waals surface area contributed by atoms with Crippen LogP contribution in [0.25, 0.3) is 0 Å². The molecule has 0 bridgehead atoms. The van der Waals surface area contributed by atoms with Gasteiger partial charge in [0.2, 0.25) is 0 Å². The first kappa shape index (κ1) is 13.2. The van der Waals surface area contributed by atoms with E-state index >= 15 is 0 Å². The van der Waals surface area contributed by atoms with Crippen LogP contribution in [0.4, 0.5) is 18.9 Å². The lowest BCUT2D eigenvalue weighted by Gasteiger charge is -2.27. The highest BCUT2D eigenvalue weighted by Crippen LogP contribution is 2.33. The maximum absolute atomic E-state index is 12.7. The summed E-state index contributed by atoms with van der Waals surface area (Å²) in [5, 5.41) is 3.09. The number of likely N-dealkylation sites (N-methyl/N-ethyl adjacent to an activating group) is 1. The molecule has 1 N–H and O–H groups in total. The van der Waals surface area contributed by atoms with Gasteiger partial charge in [0.15, 0.2) is 0 Å². The molecule has 1 aliphatic heterocycles. The SMILES string of the molecule is CNCC1CCCN1c1cccc(C(F)(F)F)c1. The molecule has 1 heterocycles. The number of benzene rings is 1. The molecule has 0 aliphatic carbocycles. The number of nitrogens with one attached hydrogen (secondary N) is 1. The molecule has 1 fully saturated rings. The number of hydrogen-bond donors (Lipinski definition) is 1. The van der Waals surface area contributed by atoms with Crippen molar-refractivity contribution in [3.63, 3.8) is 0 Å². The van der Waals surface area contributed by atoms with E-state index in [1.165, 1.54) is 12.1 Å². The molecule has 1 unspecified atom stereocenters. The van der Waals surface area contributed by atoms with E-state index in [-0.39, 0.29) is 0 Å². The summed E-state index contributed by atoms with van der Waals surface area (Å²) in [5.74, 6) is 0. The molecule has 5 heteroatoms. The van der Waals surface area contributed by atoms with Crippen molar-refractivity contribution >= 4 is 5.69 Å². The molecule has 0 radical (unpaired) electrons. The van der Waals surface area contributed by atoms with E-state index in [1.54, 1.807) is 6.07 Å². The first-order valence-corrected chi connectivity index (χ1v) is 6.11. The van der Waals surface area contributed by atoms with Crippen LogP contribution in [0.2, 0.25) is 0 Å². The van der Waals surface area contributed by atoms with Gasteiger partial charge in [0.1, 0.15) is 0 Å². The van der Waals surface area contributed by atoms with E-state index in [2.05, 4.69) is 10.2 Å². The Morgan fingerprint density at radius 1 is 1.39 bits per heavy atom. The Morgan fingerprint density at radius 2 is 2.17 bits per heavy atom. The van der Waals surface area contributed by atoms with E-state index in [0.717, 1.165) is 32.0 Å². The molecule has 0 aromatic heterocycles. The lowest BCUT2D eigenvalue weighted by molar-refractivity contribution is -0.137. The Morgan fingerprint density at radius 3 is 2.83 bits per heavy atom. The molecule has 1 saturated heterocycles. The van der Waals surface area contributed by atoms with Crippen molar-refractivity contribution < 1.29 is 13.2 Å². The molecule has 2 rings (SSSR count). The minimum Gasteiger partial charge on any atom is -0.367 e. The molecular formula is C13H17F3N2. The summed E-state index contributed by atoms with van der Waals surface area (Å²) >= 11 is 0. The van der Waals surface area contributed by atoms with Crippen molar-refractivity contribution in [2.45, 2.75) is 25.1 Å². The second-order valence-corrected chi connectivity index (χ2v) is 4.60. The van der Waals surface area contributed by atoms with Gasteiger partial charge in [-0.2, -0.15) is 13.2 Å². The number of nitrogens with zero attached hydrogens (tertiary/aromatic N) is 1. The zero-order chi connectivity index (χ0) is 13.2. The highest BCUT2D eigenvalue weighted by atomic mass is 19.4. The summed E-state index contributed by atoms with van der Waals surface area (Å²) in [4.78, 5) is 2.06. The quantitative estimate of drug-likeness (QED) is 0.896. The van der Waals surface area contributed by atoms with Gasteiger partial charge in [-0.05, 0) is 38.1 Å². The molecule has 1 aromatic carbocycles. The number of anilines is 1. The number of alkyl halides is 3. The first-order chi connectivity index (χ1) is 8.52. The van der Waals surface area contributed by atoms with Crippen LogP contribution in [0, 0.1) is 0 Å². The summed E-state index contributed by atoms with van der Waals surface area (Å²) in [6.07, 6.45) is -2.21. The standard InChI is InChI=1S/C13H17F3N2/c1-17-9-12-6-3-7-18(12)11-5-2-4-10(8-11)13(14,15)16/h2,4-5,8,12,17H,3,6-7,9H2,1H3. The fourth-order valence-corrected chi connectivity index (χ4v) is 2.48. The summed E-state index contributed by atoms with van der Waals surface area (Å²) in [7, 11) is 1.86. The third-order valence-electron chi connectivity index (χ3n) is 3.32. The molecule has 0 saturated carbocycles. The molecule has 0 spiro atoms. The molecule has 2 nitrogen and oxygen atoms in total. The highest BCUT2D eigenvalue weighted by Gasteiger charge is 2.32. The van der Waals surface area contributed by atoms with Crippen LogP contribution in [0.3, 0.4) is 0 Å². The van der Waals surface area contributed by atoms with Crippen molar-refractivity contribution in [2.24, 2.45) is 0 Å². The zero-order valence-corrected chi connectivity index (χ0v) is 10.3.